The van der Waals surface area contributed by atoms with Crippen molar-refractivity contribution in [3.8, 4) is 11.5 Å². The van der Waals surface area contributed by atoms with E-state index in [1.54, 1.807) is 24.3 Å². The van der Waals surface area contributed by atoms with Gasteiger partial charge in [0.15, 0.2) is 5.75 Å². The summed E-state index contributed by atoms with van der Waals surface area (Å²) in [6.07, 6.45) is 2.37. The molecule has 0 spiro atoms. The molecule has 0 unspecified atom stereocenters. The number of nitrogens with zero attached hydrogens (tertiary/aromatic N) is 3. The molecule has 0 saturated carbocycles. The van der Waals surface area contributed by atoms with E-state index in [1.807, 2.05) is 6.07 Å². The number of hydrogen-bond donors (Lipinski definition) is 0. The zero-order chi connectivity index (χ0) is 16.6. The van der Waals surface area contributed by atoms with Crippen LogP contribution >= 0.6 is 0 Å². The molecule has 0 N–H and O–H groups in total. The normalized spacial score (nSPS) is 11.6. The molecule has 0 aliphatic carbocycles. The van der Waals surface area contributed by atoms with Gasteiger partial charge in [0.05, 0.1) is 0 Å². The molecule has 0 amide bonds. The number of hydrogen-bond acceptors (Lipinski definition) is 6. The van der Waals surface area contributed by atoms with E-state index in [1.165, 1.54) is 23.9 Å². The average Bonchev–Trinajstić information content (AvgIpc) is 2.52. The molecule has 8 heteroatoms. The van der Waals surface area contributed by atoms with Crippen molar-refractivity contribution in [1.82, 2.24) is 14.5 Å². The van der Waals surface area contributed by atoms with Crippen molar-refractivity contribution >= 4 is 20.9 Å². The van der Waals surface area contributed by atoms with Crippen LogP contribution in [0, 0.1) is 0 Å². The molecule has 0 fully saturated rings. The number of sulfone groups is 1. The number of fused-ring (bicyclic) bond motifs is 1. The van der Waals surface area contributed by atoms with Crippen LogP contribution in [0.3, 0.4) is 0 Å². The molecular weight excluding hydrogens is 318 g/mol. The van der Waals surface area contributed by atoms with Gasteiger partial charge >= 0.3 is 0 Å². The number of ether oxygens (including phenoxy) is 1. The second kappa shape index (κ2) is 5.47. The lowest BCUT2D eigenvalue weighted by Gasteiger charge is -2.09. The quantitative estimate of drug-likeness (QED) is 0.676. The third-order valence-corrected chi connectivity index (χ3v) is 4.06. The SMILES string of the molecule is Cn1c(=O)c(Oc2ccccc2)cc2cnc(S(C)(=O)=O)nc21. The summed E-state index contributed by atoms with van der Waals surface area (Å²) in [5.41, 5.74) is -0.189. The summed E-state index contributed by atoms with van der Waals surface area (Å²) in [6, 6.07) is 10.4. The molecule has 0 aliphatic heterocycles. The van der Waals surface area contributed by atoms with E-state index in [-0.39, 0.29) is 16.6 Å². The molecule has 0 radical (unpaired) electrons. The number of aromatic nitrogens is 3. The Kier molecular flexibility index (Phi) is 3.61. The summed E-state index contributed by atoms with van der Waals surface area (Å²) in [5, 5.41) is 0.183. The second-order valence-corrected chi connectivity index (χ2v) is 6.90. The van der Waals surface area contributed by atoms with Crippen LogP contribution in [0.4, 0.5) is 0 Å². The highest BCUT2D eigenvalue weighted by atomic mass is 32.2. The Bertz CT molecular complexity index is 1040. The fraction of sp³-hybridized carbons (Fsp3) is 0.133. The zero-order valence-electron chi connectivity index (χ0n) is 12.4. The van der Waals surface area contributed by atoms with Crippen LogP contribution in [0.1, 0.15) is 0 Å². The van der Waals surface area contributed by atoms with E-state index < -0.39 is 15.4 Å². The van der Waals surface area contributed by atoms with Crippen LogP contribution in [0.5, 0.6) is 11.5 Å². The molecule has 0 aliphatic rings. The molecule has 0 bridgehead atoms. The zero-order valence-corrected chi connectivity index (χ0v) is 13.2. The minimum Gasteiger partial charge on any atom is -0.452 e. The van der Waals surface area contributed by atoms with E-state index in [2.05, 4.69) is 9.97 Å². The molecule has 7 nitrogen and oxygen atoms in total. The van der Waals surface area contributed by atoms with Crippen LogP contribution in [-0.2, 0) is 16.9 Å². The Balaban J connectivity index is 2.17. The first kappa shape index (κ1) is 15.2. The van der Waals surface area contributed by atoms with E-state index in [0.717, 1.165) is 6.26 Å². The molecule has 118 valence electrons. The highest BCUT2D eigenvalue weighted by Gasteiger charge is 2.15. The molecule has 3 rings (SSSR count). The summed E-state index contributed by atoms with van der Waals surface area (Å²) in [5.74, 6) is 0.638. The van der Waals surface area contributed by atoms with Gasteiger partial charge in [0, 0.05) is 24.9 Å². The maximum absolute atomic E-state index is 12.4. The van der Waals surface area contributed by atoms with E-state index in [9.17, 15) is 13.2 Å². The first-order valence-electron chi connectivity index (χ1n) is 6.66. The topological polar surface area (TPSA) is 91.2 Å². The molecule has 0 saturated heterocycles. The van der Waals surface area contributed by atoms with Crippen LogP contribution in [0.2, 0.25) is 0 Å². The van der Waals surface area contributed by atoms with Gasteiger partial charge in [-0.15, -0.1) is 0 Å². The standard InChI is InChI=1S/C15H13N3O4S/c1-18-13-10(9-16-15(17-13)23(2,20)21)8-12(14(18)19)22-11-6-4-3-5-7-11/h3-9H,1-2H3. The van der Waals surface area contributed by atoms with E-state index in [4.69, 9.17) is 4.74 Å². The number of para-hydroxylation sites is 1. The smallest absolute Gasteiger partial charge is 0.294 e. The number of pyridine rings is 1. The highest BCUT2D eigenvalue weighted by molar-refractivity contribution is 7.90. The fourth-order valence-electron chi connectivity index (χ4n) is 2.07. The first-order chi connectivity index (χ1) is 10.9. The predicted octanol–water partition coefficient (Wildman–Crippen LogP) is 1.52. The van der Waals surface area contributed by atoms with Crippen LogP contribution in [0.25, 0.3) is 11.0 Å². The van der Waals surface area contributed by atoms with Gasteiger partial charge in [-0.25, -0.2) is 13.4 Å². The molecule has 3 aromatic rings. The molecule has 2 aromatic heterocycles. The summed E-state index contributed by atoms with van der Waals surface area (Å²) in [4.78, 5) is 20.2. The van der Waals surface area contributed by atoms with Crippen molar-refractivity contribution in [3.05, 3.63) is 52.9 Å². The largest absolute Gasteiger partial charge is 0.452 e. The van der Waals surface area contributed by atoms with Gasteiger partial charge in [-0.2, -0.15) is 4.98 Å². The average molecular weight is 331 g/mol. The minimum absolute atomic E-state index is 0.113. The number of benzene rings is 1. The Morgan fingerprint density at radius 3 is 2.52 bits per heavy atom. The maximum Gasteiger partial charge on any atom is 0.294 e. The molecule has 2 heterocycles. The third kappa shape index (κ3) is 2.93. The summed E-state index contributed by atoms with van der Waals surface area (Å²) < 4.78 is 29.9. The Morgan fingerprint density at radius 1 is 1.17 bits per heavy atom. The van der Waals surface area contributed by atoms with Crippen molar-refractivity contribution in [2.45, 2.75) is 5.16 Å². The lowest BCUT2D eigenvalue weighted by Crippen LogP contribution is -2.20. The van der Waals surface area contributed by atoms with Gasteiger partial charge in [-0.3, -0.25) is 9.36 Å². The van der Waals surface area contributed by atoms with Crippen molar-refractivity contribution in [1.29, 1.82) is 0 Å². The third-order valence-electron chi connectivity index (χ3n) is 3.20. The number of rotatable bonds is 3. The van der Waals surface area contributed by atoms with Crippen molar-refractivity contribution in [3.63, 3.8) is 0 Å². The van der Waals surface area contributed by atoms with E-state index in [0.29, 0.717) is 11.1 Å². The van der Waals surface area contributed by atoms with Gasteiger partial charge in [0.2, 0.25) is 15.0 Å². The minimum atomic E-state index is -3.55. The summed E-state index contributed by atoms with van der Waals surface area (Å²) >= 11 is 0. The molecule has 1 aromatic carbocycles. The van der Waals surface area contributed by atoms with Crippen molar-refractivity contribution in [2.75, 3.05) is 6.26 Å². The molecule has 0 atom stereocenters. The van der Waals surface area contributed by atoms with Crippen LogP contribution in [0.15, 0.2) is 52.5 Å². The van der Waals surface area contributed by atoms with Gasteiger partial charge in [-0.1, -0.05) is 18.2 Å². The number of aryl methyl sites for hydroxylation is 1. The van der Waals surface area contributed by atoms with Gasteiger partial charge in [0.1, 0.15) is 11.4 Å². The molecular formula is C15H13N3O4S. The highest BCUT2D eigenvalue weighted by Crippen LogP contribution is 2.21. The molecule has 23 heavy (non-hydrogen) atoms. The Morgan fingerprint density at radius 2 is 1.87 bits per heavy atom. The predicted molar refractivity (Wildman–Crippen MR) is 84.4 cm³/mol. The van der Waals surface area contributed by atoms with E-state index >= 15 is 0 Å². The fourth-order valence-corrected chi connectivity index (χ4v) is 2.57. The van der Waals surface area contributed by atoms with Crippen molar-refractivity contribution in [2.24, 2.45) is 7.05 Å². The monoisotopic (exact) mass is 331 g/mol. The Hall–Kier alpha value is -2.74. The first-order valence-corrected chi connectivity index (χ1v) is 8.55. The van der Waals surface area contributed by atoms with Crippen LogP contribution < -0.4 is 10.3 Å². The Labute approximate surface area is 132 Å². The van der Waals surface area contributed by atoms with Crippen molar-refractivity contribution < 1.29 is 13.2 Å². The van der Waals surface area contributed by atoms with Crippen LogP contribution in [-0.4, -0.2) is 29.2 Å². The lowest BCUT2D eigenvalue weighted by atomic mass is 10.3. The van der Waals surface area contributed by atoms with Gasteiger partial charge < -0.3 is 4.74 Å². The van der Waals surface area contributed by atoms with Gasteiger partial charge in [-0.05, 0) is 18.2 Å². The second-order valence-electron chi connectivity index (χ2n) is 4.99. The summed E-state index contributed by atoms with van der Waals surface area (Å²) in [7, 11) is -2.05. The van der Waals surface area contributed by atoms with Gasteiger partial charge in [0.25, 0.3) is 5.56 Å². The summed E-state index contributed by atoms with van der Waals surface area (Å²) in [6.45, 7) is 0. The maximum atomic E-state index is 12.4. The lowest BCUT2D eigenvalue weighted by molar-refractivity contribution is 0.471.